The van der Waals surface area contributed by atoms with Crippen LogP contribution < -0.4 is 10.1 Å². The molecular formula is C17H26N2O. The Hall–Kier alpha value is -1.06. The number of fused-ring (bicyclic) bond motifs is 1. The van der Waals surface area contributed by atoms with Crippen molar-refractivity contribution >= 4 is 0 Å². The van der Waals surface area contributed by atoms with Crippen molar-refractivity contribution in [2.75, 3.05) is 32.8 Å². The molecule has 0 unspecified atom stereocenters. The zero-order chi connectivity index (χ0) is 13.6. The second-order valence-electron chi connectivity index (χ2n) is 5.97. The molecular weight excluding hydrogens is 248 g/mol. The standard InChI is InChI=1S/C17H26N2O/c1-2-4-10-19(9-3-1)11-8-18-14-15-5-6-17-16(13-15)7-12-20-17/h5-6,13,18H,1-4,7-12,14H2. The van der Waals surface area contributed by atoms with Crippen LogP contribution in [0, 0.1) is 0 Å². The number of rotatable bonds is 5. The Kier molecular flexibility index (Phi) is 4.93. The minimum absolute atomic E-state index is 0.848. The predicted molar refractivity (Wildman–Crippen MR) is 82.3 cm³/mol. The van der Waals surface area contributed by atoms with E-state index in [1.165, 1.54) is 56.4 Å². The van der Waals surface area contributed by atoms with Gasteiger partial charge in [0, 0.05) is 26.1 Å². The third-order valence-corrected chi connectivity index (χ3v) is 4.39. The number of nitrogens with one attached hydrogen (secondary N) is 1. The maximum Gasteiger partial charge on any atom is 0.122 e. The SMILES string of the molecule is c1cc2c(cc1CNCCN1CCCCCC1)CCO2. The molecule has 2 heterocycles. The van der Waals surface area contributed by atoms with E-state index in [1.807, 2.05) is 0 Å². The Balaban J connectivity index is 1.39. The van der Waals surface area contributed by atoms with Gasteiger partial charge in [0.05, 0.1) is 6.61 Å². The van der Waals surface area contributed by atoms with Gasteiger partial charge in [0.1, 0.15) is 5.75 Å². The summed E-state index contributed by atoms with van der Waals surface area (Å²) in [6, 6.07) is 6.60. The average molecular weight is 274 g/mol. The molecule has 1 aromatic rings. The van der Waals surface area contributed by atoms with Crippen LogP contribution >= 0.6 is 0 Å². The van der Waals surface area contributed by atoms with E-state index < -0.39 is 0 Å². The number of hydrogen-bond donors (Lipinski definition) is 1. The van der Waals surface area contributed by atoms with Crippen LogP contribution in [0.5, 0.6) is 5.75 Å². The lowest BCUT2D eigenvalue weighted by atomic mass is 10.1. The van der Waals surface area contributed by atoms with Crippen LogP contribution in [-0.4, -0.2) is 37.7 Å². The Morgan fingerprint density at radius 3 is 2.80 bits per heavy atom. The maximum atomic E-state index is 5.54. The van der Waals surface area contributed by atoms with Gasteiger partial charge in [-0.15, -0.1) is 0 Å². The summed E-state index contributed by atoms with van der Waals surface area (Å²) in [5.41, 5.74) is 2.75. The maximum absolute atomic E-state index is 5.54. The second-order valence-corrected chi connectivity index (χ2v) is 5.97. The van der Waals surface area contributed by atoms with Gasteiger partial charge in [-0.1, -0.05) is 25.0 Å². The molecule has 2 aliphatic heterocycles. The first kappa shape index (κ1) is 13.9. The molecule has 0 bridgehead atoms. The van der Waals surface area contributed by atoms with E-state index in [4.69, 9.17) is 4.74 Å². The fourth-order valence-electron chi connectivity index (χ4n) is 3.18. The molecule has 0 aliphatic carbocycles. The summed E-state index contributed by atoms with van der Waals surface area (Å²) in [5.74, 6) is 1.08. The molecule has 1 aromatic carbocycles. The van der Waals surface area contributed by atoms with E-state index in [2.05, 4.69) is 28.4 Å². The van der Waals surface area contributed by atoms with Crippen molar-refractivity contribution in [3.05, 3.63) is 29.3 Å². The zero-order valence-corrected chi connectivity index (χ0v) is 12.4. The molecule has 3 heteroatoms. The van der Waals surface area contributed by atoms with Gasteiger partial charge in [-0.2, -0.15) is 0 Å². The Labute approximate surface area is 122 Å². The van der Waals surface area contributed by atoms with Gasteiger partial charge < -0.3 is 15.0 Å². The highest BCUT2D eigenvalue weighted by Crippen LogP contribution is 2.25. The summed E-state index contributed by atoms with van der Waals surface area (Å²) in [5, 5.41) is 3.58. The number of hydrogen-bond acceptors (Lipinski definition) is 3. The van der Waals surface area contributed by atoms with Gasteiger partial charge in [-0.25, -0.2) is 0 Å². The van der Waals surface area contributed by atoms with Crippen LogP contribution in [0.2, 0.25) is 0 Å². The molecule has 0 amide bonds. The monoisotopic (exact) mass is 274 g/mol. The lowest BCUT2D eigenvalue weighted by Gasteiger charge is -2.19. The van der Waals surface area contributed by atoms with E-state index in [9.17, 15) is 0 Å². The average Bonchev–Trinajstić information content (AvgIpc) is 2.78. The van der Waals surface area contributed by atoms with E-state index in [0.29, 0.717) is 0 Å². The van der Waals surface area contributed by atoms with E-state index in [1.54, 1.807) is 0 Å². The van der Waals surface area contributed by atoms with Gasteiger partial charge >= 0.3 is 0 Å². The van der Waals surface area contributed by atoms with Crippen molar-refractivity contribution in [2.45, 2.75) is 38.6 Å². The lowest BCUT2D eigenvalue weighted by Crippen LogP contribution is -2.32. The van der Waals surface area contributed by atoms with Gasteiger partial charge in [0.15, 0.2) is 0 Å². The smallest absolute Gasteiger partial charge is 0.122 e. The van der Waals surface area contributed by atoms with Crippen LogP contribution in [0.1, 0.15) is 36.8 Å². The molecule has 0 spiro atoms. The third-order valence-electron chi connectivity index (χ3n) is 4.39. The van der Waals surface area contributed by atoms with Crippen molar-refractivity contribution in [3.8, 4) is 5.75 Å². The summed E-state index contributed by atoms with van der Waals surface area (Å²) < 4.78 is 5.54. The van der Waals surface area contributed by atoms with E-state index in [0.717, 1.165) is 31.9 Å². The lowest BCUT2D eigenvalue weighted by molar-refractivity contribution is 0.284. The first-order valence-corrected chi connectivity index (χ1v) is 8.09. The van der Waals surface area contributed by atoms with Gasteiger partial charge in [0.25, 0.3) is 0 Å². The molecule has 3 nitrogen and oxygen atoms in total. The Morgan fingerprint density at radius 1 is 1.10 bits per heavy atom. The molecule has 0 aromatic heterocycles. The topological polar surface area (TPSA) is 24.5 Å². The highest BCUT2D eigenvalue weighted by atomic mass is 16.5. The molecule has 110 valence electrons. The first-order chi connectivity index (χ1) is 9.92. The van der Waals surface area contributed by atoms with Crippen LogP contribution in [0.4, 0.5) is 0 Å². The van der Waals surface area contributed by atoms with Gasteiger partial charge in [-0.05, 0) is 43.1 Å². The third kappa shape index (κ3) is 3.74. The summed E-state index contributed by atoms with van der Waals surface area (Å²) in [4.78, 5) is 2.61. The Bertz CT molecular complexity index is 425. The van der Waals surface area contributed by atoms with Gasteiger partial charge in [-0.3, -0.25) is 0 Å². The van der Waals surface area contributed by atoms with Crippen LogP contribution in [-0.2, 0) is 13.0 Å². The number of likely N-dealkylation sites (tertiary alicyclic amines) is 1. The summed E-state index contributed by atoms with van der Waals surface area (Å²) >= 11 is 0. The van der Waals surface area contributed by atoms with Crippen LogP contribution in [0.3, 0.4) is 0 Å². The van der Waals surface area contributed by atoms with Crippen LogP contribution in [0.25, 0.3) is 0 Å². The van der Waals surface area contributed by atoms with Crippen molar-refractivity contribution in [1.82, 2.24) is 10.2 Å². The molecule has 1 saturated heterocycles. The van der Waals surface area contributed by atoms with Crippen molar-refractivity contribution in [1.29, 1.82) is 0 Å². The van der Waals surface area contributed by atoms with Gasteiger partial charge in [0.2, 0.25) is 0 Å². The van der Waals surface area contributed by atoms with Crippen molar-refractivity contribution in [2.24, 2.45) is 0 Å². The molecule has 3 rings (SSSR count). The Morgan fingerprint density at radius 2 is 1.95 bits per heavy atom. The molecule has 1 fully saturated rings. The second kappa shape index (κ2) is 7.09. The number of benzene rings is 1. The number of nitrogens with zero attached hydrogens (tertiary/aromatic N) is 1. The molecule has 20 heavy (non-hydrogen) atoms. The summed E-state index contributed by atoms with van der Waals surface area (Å²) in [6.07, 6.45) is 6.66. The fraction of sp³-hybridized carbons (Fsp3) is 0.647. The van der Waals surface area contributed by atoms with E-state index >= 15 is 0 Å². The largest absolute Gasteiger partial charge is 0.493 e. The first-order valence-electron chi connectivity index (χ1n) is 8.09. The summed E-state index contributed by atoms with van der Waals surface area (Å²) in [7, 11) is 0. The fourth-order valence-corrected chi connectivity index (χ4v) is 3.18. The van der Waals surface area contributed by atoms with Crippen LogP contribution in [0.15, 0.2) is 18.2 Å². The number of ether oxygens (including phenoxy) is 1. The molecule has 2 aliphatic rings. The minimum Gasteiger partial charge on any atom is -0.493 e. The normalized spacial score (nSPS) is 19.4. The molecule has 0 radical (unpaired) electrons. The molecule has 0 saturated carbocycles. The zero-order valence-electron chi connectivity index (χ0n) is 12.4. The molecule has 0 atom stereocenters. The van der Waals surface area contributed by atoms with Crippen molar-refractivity contribution < 1.29 is 4.74 Å². The summed E-state index contributed by atoms with van der Waals surface area (Å²) in [6.45, 7) is 6.68. The highest BCUT2D eigenvalue weighted by Gasteiger charge is 2.12. The minimum atomic E-state index is 0.848. The highest BCUT2D eigenvalue weighted by molar-refractivity contribution is 5.39. The molecule has 1 N–H and O–H groups in total. The quantitative estimate of drug-likeness (QED) is 0.835. The van der Waals surface area contributed by atoms with E-state index in [-0.39, 0.29) is 0 Å². The van der Waals surface area contributed by atoms with Crippen molar-refractivity contribution in [3.63, 3.8) is 0 Å². The predicted octanol–water partition coefficient (Wildman–Crippen LogP) is 2.59.